The highest BCUT2D eigenvalue weighted by Gasteiger charge is 2.12. The fourth-order valence-electron chi connectivity index (χ4n) is 1.49. The Morgan fingerprint density at radius 1 is 1.29 bits per heavy atom. The average molecular weight is 188 g/mol. The van der Waals surface area contributed by atoms with Gasteiger partial charge in [-0.3, -0.25) is 0 Å². The first-order valence-electron chi connectivity index (χ1n) is 4.63. The molecule has 3 heteroatoms. The van der Waals surface area contributed by atoms with Crippen LogP contribution in [-0.4, -0.2) is 17.1 Å². The molecule has 0 spiro atoms. The van der Waals surface area contributed by atoms with Crippen molar-refractivity contribution in [1.82, 2.24) is 9.97 Å². The lowest BCUT2D eigenvalue weighted by Gasteiger charge is -2.13. The molecular formula is C11H12N2O. The molecule has 1 heterocycles. The van der Waals surface area contributed by atoms with E-state index in [-0.39, 0.29) is 0 Å². The van der Waals surface area contributed by atoms with Crippen molar-refractivity contribution < 1.29 is 4.74 Å². The van der Waals surface area contributed by atoms with Gasteiger partial charge in [-0.05, 0) is 12.5 Å². The molecule has 1 aliphatic rings. The summed E-state index contributed by atoms with van der Waals surface area (Å²) in [5.41, 5.74) is 0.999. The molecule has 0 atom stereocenters. The van der Waals surface area contributed by atoms with E-state index in [1.165, 1.54) is 0 Å². The fraction of sp³-hybridized carbons (Fsp3) is 0.273. The van der Waals surface area contributed by atoms with Crippen molar-refractivity contribution >= 4 is 5.57 Å². The number of aromatic nitrogens is 2. The number of hydrogen-bond donors (Lipinski definition) is 0. The number of rotatable bonds is 2. The predicted molar refractivity (Wildman–Crippen MR) is 54.3 cm³/mol. The lowest BCUT2D eigenvalue weighted by atomic mass is 10.0. The first-order valence-corrected chi connectivity index (χ1v) is 4.63. The summed E-state index contributed by atoms with van der Waals surface area (Å²) in [7, 11) is 1.69. The Bertz CT molecular complexity index is 368. The zero-order valence-corrected chi connectivity index (χ0v) is 8.10. The second-order valence-electron chi connectivity index (χ2n) is 3.05. The van der Waals surface area contributed by atoms with Crippen molar-refractivity contribution in [3.05, 3.63) is 42.2 Å². The van der Waals surface area contributed by atoms with Gasteiger partial charge in [0.15, 0.2) is 5.82 Å². The summed E-state index contributed by atoms with van der Waals surface area (Å²) in [5, 5.41) is 0. The van der Waals surface area contributed by atoms with Crippen molar-refractivity contribution in [3.8, 4) is 0 Å². The van der Waals surface area contributed by atoms with Gasteiger partial charge in [-0.1, -0.05) is 12.2 Å². The van der Waals surface area contributed by atoms with Crippen LogP contribution in [0.1, 0.15) is 18.7 Å². The lowest BCUT2D eigenvalue weighted by Crippen LogP contribution is -2.00. The first-order chi connectivity index (χ1) is 6.92. The molecule has 0 aliphatic heterocycles. The van der Waals surface area contributed by atoms with E-state index in [0.717, 1.165) is 30.0 Å². The second-order valence-corrected chi connectivity index (χ2v) is 3.05. The molecule has 0 saturated carbocycles. The van der Waals surface area contributed by atoms with Gasteiger partial charge in [-0.15, -0.1) is 0 Å². The largest absolute Gasteiger partial charge is 0.500 e. The van der Waals surface area contributed by atoms with E-state index in [1.807, 2.05) is 12.1 Å². The topological polar surface area (TPSA) is 35.0 Å². The number of hydrogen-bond acceptors (Lipinski definition) is 3. The van der Waals surface area contributed by atoms with Crippen LogP contribution in [0.15, 0.2) is 36.4 Å². The molecule has 2 rings (SSSR count). The predicted octanol–water partition coefficient (Wildman–Crippen LogP) is 2.18. The summed E-state index contributed by atoms with van der Waals surface area (Å²) in [6, 6.07) is 1.81. The summed E-state index contributed by atoms with van der Waals surface area (Å²) in [6.07, 6.45) is 9.59. The second kappa shape index (κ2) is 4.05. The molecule has 0 aromatic carbocycles. The Morgan fingerprint density at radius 3 is 2.79 bits per heavy atom. The van der Waals surface area contributed by atoms with E-state index in [4.69, 9.17) is 4.74 Å². The van der Waals surface area contributed by atoms with Gasteiger partial charge >= 0.3 is 0 Å². The highest BCUT2D eigenvalue weighted by molar-refractivity contribution is 5.72. The van der Waals surface area contributed by atoms with Crippen molar-refractivity contribution in [3.63, 3.8) is 0 Å². The van der Waals surface area contributed by atoms with E-state index in [2.05, 4.69) is 16.0 Å². The zero-order valence-electron chi connectivity index (χ0n) is 8.10. The van der Waals surface area contributed by atoms with Gasteiger partial charge in [-0.2, -0.15) is 0 Å². The SMILES string of the molecule is COC1=C(c2ncccn2)C=CCC1. The van der Waals surface area contributed by atoms with E-state index < -0.39 is 0 Å². The molecule has 0 saturated heterocycles. The summed E-state index contributed by atoms with van der Waals surface area (Å²) in [6.45, 7) is 0. The normalized spacial score (nSPS) is 15.8. The van der Waals surface area contributed by atoms with Crippen molar-refractivity contribution in [2.75, 3.05) is 7.11 Å². The van der Waals surface area contributed by atoms with Crippen LogP contribution in [0.4, 0.5) is 0 Å². The molecule has 0 N–H and O–H groups in total. The van der Waals surface area contributed by atoms with Crippen LogP contribution in [0.5, 0.6) is 0 Å². The summed E-state index contributed by atoms with van der Waals surface area (Å²) in [5.74, 6) is 1.71. The van der Waals surface area contributed by atoms with Crippen LogP contribution in [0.2, 0.25) is 0 Å². The Labute approximate surface area is 83.2 Å². The minimum absolute atomic E-state index is 0.736. The molecule has 1 aromatic heterocycles. The molecule has 1 aliphatic carbocycles. The van der Waals surface area contributed by atoms with Crippen LogP contribution >= 0.6 is 0 Å². The third-order valence-electron chi connectivity index (χ3n) is 2.18. The van der Waals surface area contributed by atoms with E-state index in [9.17, 15) is 0 Å². The third-order valence-corrected chi connectivity index (χ3v) is 2.18. The van der Waals surface area contributed by atoms with Crippen LogP contribution in [-0.2, 0) is 4.74 Å². The summed E-state index contributed by atoms with van der Waals surface area (Å²) >= 11 is 0. The van der Waals surface area contributed by atoms with Crippen LogP contribution in [0, 0.1) is 0 Å². The van der Waals surface area contributed by atoms with Crippen molar-refractivity contribution in [1.29, 1.82) is 0 Å². The van der Waals surface area contributed by atoms with Gasteiger partial charge in [0.25, 0.3) is 0 Å². The van der Waals surface area contributed by atoms with E-state index >= 15 is 0 Å². The molecule has 0 fully saturated rings. The monoisotopic (exact) mass is 188 g/mol. The number of methoxy groups -OCH3 is 1. The van der Waals surface area contributed by atoms with Gasteiger partial charge in [0.2, 0.25) is 0 Å². The van der Waals surface area contributed by atoms with E-state index in [1.54, 1.807) is 19.5 Å². The fourth-order valence-corrected chi connectivity index (χ4v) is 1.49. The standard InChI is InChI=1S/C11H12N2O/c1-14-10-6-3-2-5-9(10)11-12-7-4-8-13-11/h2,4-5,7-8H,3,6H2,1H3. The maximum absolute atomic E-state index is 5.31. The number of ether oxygens (including phenoxy) is 1. The van der Waals surface area contributed by atoms with Crippen LogP contribution in [0.25, 0.3) is 5.57 Å². The molecule has 0 radical (unpaired) electrons. The van der Waals surface area contributed by atoms with Gasteiger partial charge in [-0.25, -0.2) is 9.97 Å². The Morgan fingerprint density at radius 2 is 2.07 bits per heavy atom. The highest BCUT2D eigenvalue weighted by Crippen LogP contribution is 2.25. The van der Waals surface area contributed by atoms with Gasteiger partial charge in [0, 0.05) is 18.8 Å². The Balaban J connectivity index is 2.41. The lowest BCUT2D eigenvalue weighted by molar-refractivity contribution is 0.279. The Hall–Kier alpha value is -1.64. The molecular weight excluding hydrogens is 176 g/mol. The van der Waals surface area contributed by atoms with E-state index in [0.29, 0.717) is 0 Å². The molecule has 0 bridgehead atoms. The average Bonchev–Trinajstić information content (AvgIpc) is 2.30. The summed E-state index contributed by atoms with van der Waals surface area (Å²) in [4.78, 5) is 8.40. The summed E-state index contributed by atoms with van der Waals surface area (Å²) < 4.78 is 5.31. The quantitative estimate of drug-likeness (QED) is 0.713. The molecule has 3 nitrogen and oxygen atoms in total. The smallest absolute Gasteiger partial charge is 0.162 e. The maximum atomic E-state index is 5.31. The third kappa shape index (κ3) is 1.66. The molecule has 0 unspecified atom stereocenters. The zero-order chi connectivity index (χ0) is 9.80. The number of allylic oxidation sites excluding steroid dienone is 4. The molecule has 72 valence electrons. The molecule has 1 aromatic rings. The Kier molecular flexibility index (Phi) is 2.58. The van der Waals surface area contributed by atoms with Gasteiger partial charge in [0.05, 0.1) is 12.7 Å². The van der Waals surface area contributed by atoms with Crippen LogP contribution in [0.3, 0.4) is 0 Å². The molecule has 14 heavy (non-hydrogen) atoms. The minimum atomic E-state index is 0.736. The minimum Gasteiger partial charge on any atom is -0.500 e. The maximum Gasteiger partial charge on any atom is 0.162 e. The van der Waals surface area contributed by atoms with Gasteiger partial charge in [0.1, 0.15) is 5.76 Å². The van der Waals surface area contributed by atoms with Gasteiger partial charge < -0.3 is 4.74 Å². The highest BCUT2D eigenvalue weighted by atomic mass is 16.5. The molecule has 0 amide bonds. The first kappa shape index (κ1) is 8.94. The van der Waals surface area contributed by atoms with Crippen molar-refractivity contribution in [2.45, 2.75) is 12.8 Å². The van der Waals surface area contributed by atoms with Crippen molar-refractivity contribution in [2.24, 2.45) is 0 Å². The van der Waals surface area contributed by atoms with Crippen LogP contribution < -0.4 is 0 Å². The number of nitrogens with zero attached hydrogens (tertiary/aromatic N) is 2.